The van der Waals surface area contributed by atoms with E-state index in [0.717, 1.165) is 33.6 Å². The van der Waals surface area contributed by atoms with Gasteiger partial charge < -0.3 is 4.74 Å². The van der Waals surface area contributed by atoms with E-state index in [0.29, 0.717) is 6.61 Å². The van der Waals surface area contributed by atoms with Crippen molar-refractivity contribution in [2.24, 2.45) is 5.92 Å². The normalized spacial score (nSPS) is 17.5. The molecule has 0 radical (unpaired) electrons. The number of allylic oxidation sites excluding steroid dienone is 3. The van der Waals surface area contributed by atoms with Gasteiger partial charge in [-0.1, -0.05) is 73.7 Å². The monoisotopic (exact) mass is 398 g/mol. The topological polar surface area (TPSA) is 45.9 Å². The van der Waals surface area contributed by atoms with E-state index in [-0.39, 0.29) is 12.0 Å². The number of rotatable bonds is 6. The third kappa shape index (κ3) is 4.37. The van der Waals surface area contributed by atoms with Gasteiger partial charge in [-0.25, -0.2) is 0 Å². The Morgan fingerprint density at radius 2 is 1.86 bits per heavy atom. The molecule has 144 valence electrons. The maximum absolute atomic E-state index is 9.73. The lowest BCUT2D eigenvalue weighted by Gasteiger charge is -2.29. The van der Waals surface area contributed by atoms with Crippen molar-refractivity contribution in [3.8, 4) is 6.07 Å². The molecule has 1 aromatic heterocycles. The van der Waals surface area contributed by atoms with Crippen LogP contribution < -0.4 is 0 Å². The molecule has 2 unspecified atom stereocenters. The summed E-state index contributed by atoms with van der Waals surface area (Å²) in [6.45, 7) is 2.70. The van der Waals surface area contributed by atoms with Gasteiger partial charge in [-0.3, -0.25) is 4.98 Å². The minimum atomic E-state index is -0.170. The molecule has 0 N–H and O–H groups in total. The van der Waals surface area contributed by atoms with Crippen molar-refractivity contribution in [2.75, 3.05) is 0 Å². The second kappa shape index (κ2) is 9.00. The predicted molar refractivity (Wildman–Crippen MR) is 117 cm³/mol. The van der Waals surface area contributed by atoms with Crippen LogP contribution in [-0.2, 0) is 11.3 Å². The number of benzene rings is 2. The van der Waals surface area contributed by atoms with E-state index >= 15 is 0 Å². The number of nitriles is 1. The van der Waals surface area contributed by atoms with Crippen molar-refractivity contribution in [1.29, 1.82) is 5.26 Å². The fourth-order valence-electron chi connectivity index (χ4n) is 3.70. The second-order valence-electron chi connectivity index (χ2n) is 7.20. The molecule has 0 amide bonds. The Morgan fingerprint density at radius 3 is 2.52 bits per heavy atom. The number of nitrogens with zero attached hydrogens (tertiary/aromatic N) is 2. The van der Waals surface area contributed by atoms with Gasteiger partial charge in [0.15, 0.2) is 0 Å². The van der Waals surface area contributed by atoms with Gasteiger partial charge in [0.1, 0.15) is 6.10 Å². The van der Waals surface area contributed by atoms with Crippen molar-refractivity contribution >= 4 is 16.9 Å². The van der Waals surface area contributed by atoms with Crippen molar-refractivity contribution in [3.63, 3.8) is 0 Å². The van der Waals surface area contributed by atoms with Gasteiger partial charge in [-0.2, -0.15) is 5.26 Å². The summed E-state index contributed by atoms with van der Waals surface area (Å²) >= 11 is 1.61. The van der Waals surface area contributed by atoms with Crippen LogP contribution in [0.4, 0.5) is 0 Å². The van der Waals surface area contributed by atoms with Crippen molar-refractivity contribution in [3.05, 3.63) is 106 Å². The molecule has 2 aromatic carbocycles. The van der Waals surface area contributed by atoms with E-state index in [1.807, 2.05) is 48.1 Å². The van der Waals surface area contributed by atoms with E-state index in [1.165, 1.54) is 5.57 Å². The maximum Gasteiger partial charge on any atom is 0.115 e. The standard InChI is InChI=1S/C25H22N2OS/c1-18-12-21(14-26)23(20-10-6-3-7-11-20)13-22(18)25(24-15-27-17-29-24)28-16-19-8-4-2-5-9-19/h2-11,13,15,17-18,25H,12,16H2,1H3. The summed E-state index contributed by atoms with van der Waals surface area (Å²) in [5.74, 6) is 0.222. The lowest BCUT2D eigenvalue weighted by atomic mass is 9.80. The van der Waals surface area contributed by atoms with Crippen molar-refractivity contribution in [2.45, 2.75) is 26.1 Å². The average molecular weight is 399 g/mol. The molecule has 4 rings (SSSR count). The highest BCUT2D eigenvalue weighted by Crippen LogP contribution is 2.42. The van der Waals surface area contributed by atoms with E-state index in [9.17, 15) is 5.26 Å². The molecule has 3 nitrogen and oxygen atoms in total. The SMILES string of the molecule is CC1CC(C#N)=C(c2ccccc2)C=C1C(OCc1ccccc1)c1cncs1. The van der Waals surface area contributed by atoms with Gasteiger partial charge >= 0.3 is 0 Å². The third-order valence-corrected chi connectivity index (χ3v) is 6.03. The van der Waals surface area contributed by atoms with Gasteiger partial charge in [-0.05, 0) is 34.6 Å². The Bertz CT molecular complexity index is 1050. The molecule has 2 atom stereocenters. The molecule has 3 aromatic rings. The first-order chi connectivity index (χ1) is 14.3. The number of hydrogen-bond acceptors (Lipinski definition) is 4. The number of ether oxygens (including phenoxy) is 1. The summed E-state index contributed by atoms with van der Waals surface area (Å²) < 4.78 is 6.43. The highest BCUT2D eigenvalue weighted by Gasteiger charge is 2.29. The van der Waals surface area contributed by atoms with Crippen LogP contribution in [-0.4, -0.2) is 4.98 Å². The Kier molecular flexibility index (Phi) is 6.00. The average Bonchev–Trinajstić information content (AvgIpc) is 3.30. The minimum absolute atomic E-state index is 0.170. The van der Waals surface area contributed by atoms with Gasteiger partial charge in [-0.15, -0.1) is 11.3 Å². The van der Waals surface area contributed by atoms with E-state index in [2.05, 4.69) is 48.3 Å². The predicted octanol–water partition coefficient (Wildman–Crippen LogP) is 6.34. The summed E-state index contributed by atoms with van der Waals surface area (Å²) in [7, 11) is 0. The molecule has 0 bridgehead atoms. The van der Waals surface area contributed by atoms with Crippen LogP contribution >= 0.6 is 11.3 Å². The first kappa shape index (κ1) is 19.3. The van der Waals surface area contributed by atoms with Crippen molar-refractivity contribution < 1.29 is 4.74 Å². The number of thiazole rings is 1. The zero-order valence-corrected chi connectivity index (χ0v) is 17.1. The van der Waals surface area contributed by atoms with E-state index in [1.54, 1.807) is 11.3 Å². The summed E-state index contributed by atoms with van der Waals surface area (Å²) in [4.78, 5) is 5.36. The molecule has 0 aliphatic heterocycles. The van der Waals surface area contributed by atoms with Crippen LogP contribution in [0.2, 0.25) is 0 Å². The molecule has 0 saturated heterocycles. The summed E-state index contributed by atoms with van der Waals surface area (Å²) in [6.07, 6.45) is 4.60. The second-order valence-corrected chi connectivity index (χ2v) is 8.12. The molecule has 1 aliphatic rings. The van der Waals surface area contributed by atoms with E-state index < -0.39 is 0 Å². The summed E-state index contributed by atoms with van der Waals surface area (Å²) in [5.41, 5.74) is 7.08. The molecule has 1 aliphatic carbocycles. The smallest absolute Gasteiger partial charge is 0.115 e. The molecule has 29 heavy (non-hydrogen) atoms. The van der Waals surface area contributed by atoms with Crippen molar-refractivity contribution in [1.82, 2.24) is 4.98 Å². The Labute approximate surface area is 175 Å². The lowest BCUT2D eigenvalue weighted by molar-refractivity contribution is 0.0598. The van der Waals surface area contributed by atoms with Crippen LogP contribution in [0.1, 0.15) is 35.5 Å². The van der Waals surface area contributed by atoms with Gasteiger partial charge in [0.05, 0.1) is 23.1 Å². The Hall–Kier alpha value is -3.00. The summed E-state index contributed by atoms with van der Waals surface area (Å²) in [6, 6.07) is 22.8. The lowest BCUT2D eigenvalue weighted by Crippen LogP contribution is -2.16. The molecule has 1 heterocycles. The molecule has 0 spiro atoms. The molecule has 0 fully saturated rings. The highest BCUT2D eigenvalue weighted by molar-refractivity contribution is 7.09. The molecule has 4 heteroatoms. The Morgan fingerprint density at radius 1 is 1.14 bits per heavy atom. The minimum Gasteiger partial charge on any atom is -0.364 e. The highest BCUT2D eigenvalue weighted by atomic mass is 32.1. The van der Waals surface area contributed by atoms with E-state index in [4.69, 9.17) is 4.74 Å². The first-order valence-corrected chi connectivity index (χ1v) is 10.6. The number of hydrogen-bond donors (Lipinski definition) is 0. The fraction of sp³-hybridized carbons (Fsp3) is 0.200. The fourth-order valence-corrected chi connectivity index (χ4v) is 4.39. The third-order valence-electron chi connectivity index (χ3n) is 5.21. The van der Waals surface area contributed by atoms with Crippen LogP contribution in [0.15, 0.2) is 89.6 Å². The quantitative estimate of drug-likeness (QED) is 0.486. The zero-order chi connectivity index (χ0) is 20.1. The maximum atomic E-state index is 9.73. The molecule has 0 saturated carbocycles. The van der Waals surface area contributed by atoms with Gasteiger partial charge in [0, 0.05) is 11.8 Å². The van der Waals surface area contributed by atoms with Crippen LogP contribution in [0.3, 0.4) is 0 Å². The zero-order valence-electron chi connectivity index (χ0n) is 16.3. The largest absolute Gasteiger partial charge is 0.364 e. The summed E-state index contributed by atoms with van der Waals surface area (Å²) in [5, 5.41) is 9.73. The van der Waals surface area contributed by atoms with Crippen LogP contribution in [0, 0.1) is 17.2 Å². The van der Waals surface area contributed by atoms with Crippen LogP contribution in [0.25, 0.3) is 5.57 Å². The van der Waals surface area contributed by atoms with Gasteiger partial charge in [0.2, 0.25) is 0 Å². The molecular formula is C25H22N2OS. The van der Waals surface area contributed by atoms with Gasteiger partial charge in [0.25, 0.3) is 0 Å². The Balaban J connectivity index is 1.71. The first-order valence-electron chi connectivity index (χ1n) is 9.70. The molecular weight excluding hydrogens is 376 g/mol. The van der Waals surface area contributed by atoms with Crippen LogP contribution in [0.5, 0.6) is 0 Å². The number of aromatic nitrogens is 1.